The van der Waals surface area contributed by atoms with Crippen molar-refractivity contribution in [3.8, 4) is 11.8 Å². The molecule has 0 atom stereocenters. The molecule has 0 unspecified atom stereocenters. The van der Waals surface area contributed by atoms with E-state index >= 15 is 0 Å². The Kier molecular flexibility index (Phi) is 3.68. The normalized spacial score (nSPS) is 11.6. The van der Waals surface area contributed by atoms with Gasteiger partial charge in [0.2, 0.25) is 0 Å². The first-order chi connectivity index (χ1) is 12.3. The highest BCUT2D eigenvalue weighted by Crippen LogP contribution is 2.31. The predicted molar refractivity (Wildman–Crippen MR) is 100 cm³/mol. The minimum Gasteiger partial charge on any atom is -0.496 e. The summed E-state index contributed by atoms with van der Waals surface area (Å²) in [7, 11) is 1.63. The quantitative estimate of drug-likeness (QED) is 0.551. The number of rotatable bonds is 3. The summed E-state index contributed by atoms with van der Waals surface area (Å²) in [6.07, 6.45) is 1.83. The highest BCUT2D eigenvalue weighted by atomic mass is 16.5. The van der Waals surface area contributed by atoms with Crippen LogP contribution < -0.4 is 4.74 Å². The molecule has 1 heterocycles. The molecule has 0 fully saturated rings. The van der Waals surface area contributed by atoms with E-state index in [-0.39, 0.29) is 0 Å². The van der Waals surface area contributed by atoms with E-state index < -0.39 is 0 Å². The fourth-order valence-electron chi connectivity index (χ4n) is 2.98. The zero-order chi connectivity index (χ0) is 17.2. The number of nitrogens with one attached hydrogen (secondary N) is 1. The number of hydrogen-bond acceptors (Lipinski definition) is 3. The monoisotopic (exact) mass is 325 g/mol. The Morgan fingerprint density at radius 2 is 1.88 bits per heavy atom. The molecule has 4 rings (SSSR count). The van der Waals surface area contributed by atoms with Gasteiger partial charge in [-0.1, -0.05) is 42.5 Å². The molecule has 0 spiro atoms. The maximum atomic E-state index is 9.68. The van der Waals surface area contributed by atoms with Gasteiger partial charge in [-0.3, -0.25) is 0 Å². The van der Waals surface area contributed by atoms with Gasteiger partial charge < -0.3 is 9.72 Å². The van der Waals surface area contributed by atoms with Crippen molar-refractivity contribution in [1.29, 1.82) is 5.26 Å². The average molecular weight is 325 g/mol. The summed E-state index contributed by atoms with van der Waals surface area (Å²) < 4.78 is 5.51. The summed E-state index contributed by atoms with van der Waals surface area (Å²) in [4.78, 5) is 7.74. The Hall–Kier alpha value is -3.58. The Balaban J connectivity index is 1.94. The van der Waals surface area contributed by atoms with Crippen molar-refractivity contribution in [1.82, 2.24) is 9.97 Å². The molecule has 25 heavy (non-hydrogen) atoms. The van der Waals surface area contributed by atoms with Crippen molar-refractivity contribution in [3.05, 3.63) is 72.1 Å². The highest BCUT2D eigenvalue weighted by Gasteiger charge is 2.11. The highest BCUT2D eigenvalue weighted by molar-refractivity contribution is 6.00. The minimum atomic E-state index is 0.464. The number of benzene rings is 3. The second kappa shape index (κ2) is 6.14. The molecule has 0 saturated carbocycles. The van der Waals surface area contributed by atoms with E-state index in [4.69, 9.17) is 4.74 Å². The van der Waals surface area contributed by atoms with Gasteiger partial charge in [0.15, 0.2) is 0 Å². The molecule has 4 heteroatoms. The van der Waals surface area contributed by atoms with Crippen molar-refractivity contribution in [2.75, 3.05) is 7.11 Å². The average Bonchev–Trinajstić information content (AvgIpc) is 3.09. The Morgan fingerprint density at radius 1 is 1.08 bits per heavy atom. The van der Waals surface area contributed by atoms with E-state index in [0.717, 1.165) is 33.1 Å². The number of H-pyrrole nitrogens is 1. The van der Waals surface area contributed by atoms with E-state index in [1.165, 1.54) is 0 Å². The minimum absolute atomic E-state index is 0.464. The largest absolute Gasteiger partial charge is 0.496 e. The van der Waals surface area contributed by atoms with Crippen LogP contribution in [0.3, 0.4) is 0 Å². The molecule has 0 aliphatic rings. The molecule has 1 N–H and O–H groups in total. The molecule has 120 valence electrons. The molecule has 0 bridgehead atoms. The lowest BCUT2D eigenvalue weighted by molar-refractivity contribution is 0.414. The third-order valence-electron chi connectivity index (χ3n) is 4.20. The topological polar surface area (TPSA) is 61.7 Å². The smallest absolute Gasteiger partial charge is 0.149 e. The van der Waals surface area contributed by atoms with E-state index in [9.17, 15) is 5.26 Å². The molecule has 3 aromatic carbocycles. The van der Waals surface area contributed by atoms with Crippen LogP contribution in [0.4, 0.5) is 0 Å². The number of nitriles is 1. The van der Waals surface area contributed by atoms with Crippen molar-refractivity contribution in [2.24, 2.45) is 0 Å². The van der Waals surface area contributed by atoms with E-state index in [2.05, 4.69) is 16.0 Å². The van der Waals surface area contributed by atoms with Gasteiger partial charge in [-0.25, -0.2) is 4.98 Å². The number of fused-ring (bicyclic) bond motifs is 2. The van der Waals surface area contributed by atoms with Gasteiger partial charge in [-0.15, -0.1) is 0 Å². The predicted octanol–water partition coefficient (Wildman–Crippen LogP) is 4.79. The molecule has 0 saturated heterocycles. The van der Waals surface area contributed by atoms with Crippen LogP contribution >= 0.6 is 0 Å². The lowest BCUT2D eigenvalue weighted by Crippen LogP contribution is -1.91. The van der Waals surface area contributed by atoms with Gasteiger partial charge >= 0.3 is 0 Å². The Labute approximate surface area is 145 Å². The fraction of sp³-hybridized carbons (Fsp3) is 0.0476. The number of aromatic nitrogens is 2. The second-order valence-corrected chi connectivity index (χ2v) is 5.68. The summed E-state index contributed by atoms with van der Waals surface area (Å²) in [5.74, 6) is 1.28. The maximum Gasteiger partial charge on any atom is 0.149 e. The Morgan fingerprint density at radius 3 is 2.68 bits per heavy atom. The molecule has 1 aromatic heterocycles. The van der Waals surface area contributed by atoms with Crippen molar-refractivity contribution in [3.63, 3.8) is 0 Å². The fourth-order valence-corrected chi connectivity index (χ4v) is 2.98. The first-order valence-electron chi connectivity index (χ1n) is 7.93. The summed E-state index contributed by atoms with van der Waals surface area (Å²) in [5.41, 5.74) is 3.08. The van der Waals surface area contributed by atoms with Gasteiger partial charge in [-0.2, -0.15) is 5.26 Å². The van der Waals surface area contributed by atoms with Crippen molar-refractivity contribution < 1.29 is 4.74 Å². The molecule has 0 amide bonds. The van der Waals surface area contributed by atoms with Crippen molar-refractivity contribution in [2.45, 2.75) is 0 Å². The van der Waals surface area contributed by atoms with Crippen LogP contribution in [0.15, 0.2) is 60.7 Å². The summed E-state index contributed by atoms with van der Waals surface area (Å²) in [5, 5.41) is 11.8. The van der Waals surface area contributed by atoms with Gasteiger partial charge in [-0.05, 0) is 35.0 Å². The zero-order valence-electron chi connectivity index (χ0n) is 13.7. The van der Waals surface area contributed by atoms with Gasteiger partial charge in [0.25, 0.3) is 0 Å². The first kappa shape index (κ1) is 15.0. The number of allylic oxidation sites excluding steroid dienone is 1. The number of hydrogen-bond donors (Lipinski definition) is 1. The molecule has 0 radical (unpaired) electrons. The second-order valence-electron chi connectivity index (χ2n) is 5.68. The lowest BCUT2D eigenvalue weighted by Gasteiger charge is -2.09. The third kappa shape index (κ3) is 2.62. The van der Waals surface area contributed by atoms with Crippen LogP contribution in [-0.2, 0) is 0 Å². The zero-order valence-corrected chi connectivity index (χ0v) is 13.7. The number of methoxy groups -OCH3 is 1. The van der Waals surface area contributed by atoms with E-state index in [1.807, 2.05) is 66.7 Å². The summed E-state index contributed by atoms with van der Waals surface area (Å²) >= 11 is 0. The number of para-hydroxylation sites is 2. The number of imidazole rings is 1. The summed E-state index contributed by atoms with van der Waals surface area (Å²) in [6, 6.07) is 22.0. The van der Waals surface area contributed by atoms with Gasteiger partial charge in [0, 0.05) is 5.56 Å². The van der Waals surface area contributed by atoms with Crippen LogP contribution in [0.25, 0.3) is 33.5 Å². The van der Waals surface area contributed by atoms with Gasteiger partial charge in [0.1, 0.15) is 17.6 Å². The van der Waals surface area contributed by atoms with Crippen molar-refractivity contribution >= 4 is 33.5 Å². The van der Waals surface area contributed by atoms with Crippen LogP contribution in [0.2, 0.25) is 0 Å². The van der Waals surface area contributed by atoms with E-state index in [1.54, 1.807) is 7.11 Å². The standard InChI is InChI=1S/C21H15N3O/c1-25-20-11-10-14-6-2-3-7-16(14)17(20)12-15(13-22)21-23-18-8-4-5-9-19(18)24-21/h2-12H,1H3,(H,23,24)/b15-12-. The molecule has 0 aliphatic heterocycles. The molecular formula is C21H15N3O. The van der Waals surface area contributed by atoms with Crippen LogP contribution in [0, 0.1) is 11.3 Å². The maximum absolute atomic E-state index is 9.68. The van der Waals surface area contributed by atoms with E-state index in [0.29, 0.717) is 11.4 Å². The SMILES string of the molecule is COc1ccc2ccccc2c1/C=C(/C#N)c1nc2ccccc2[nH]1. The molecule has 4 aromatic rings. The molecule has 0 aliphatic carbocycles. The van der Waals surface area contributed by atoms with Crippen LogP contribution in [0.1, 0.15) is 11.4 Å². The molecular weight excluding hydrogens is 310 g/mol. The number of nitrogens with zero attached hydrogens (tertiary/aromatic N) is 2. The lowest BCUT2D eigenvalue weighted by atomic mass is 10.0. The summed E-state index contributed by atoms with van der Waals surface area (Å²) in [6.45, 7) is 0. The van der Waals surface area contributed by atoms with Gasteiger partial charge in [0.05, 0.1) is 23.7 Å². The number of aromatic amines is 1. The Bertz CT molecular complexity index is 1120. The number of ether oxygens (including phenoxy) is 1. The third-order valence-corrected chi connectivity index (χ3v) is 4.20. The first-order valence-corrected chi connectivity index (χ1v) is 7.93. The van der Waals surface area contributed by atoms with Crippen LogP contribution in [0.5, 0.6) is 5.75 Å². The van der Waals surface area contributed by atoms with Crippen LogP contribution in [-0.4, -0.2) is 17.1 Å². The molecule has 4 nitrogen and oxygen atoms in total.